The second-order valence-corrected chi connectivity index (χ2v) is 5.77. The number of hydrogen-bond donors (Lipinski definition) is 1. The van der Waals surface area contributed by atoms with Gasteiger partial charge in [0, 0.05) is 25.2 Å². The number of nitrogens with one attached hydrogen (secondary N) is 1. The molecule has 0 spiro atoms. The SMILES string of the molecule is COc1ccccc1C(=O)N1CC(C(C)C)NCC1C. The first-order valence-corrected chi connectivity index (χ1v) is 7.22. The summed E-state index contributed by atoms with van der Waals surface area (Å²) in [5.41, 5.74) is 0.645. The average Bonchev–Trinajstić information content (AvgIpc) is 2.46. The topological polar surface area (TPSA) is 41.6 Å². The molecule has 1 heterocycles. The minimum atomic E-state index is 0.0575. The van der Waals surface area contributed by atoms with E-state index in [1.807, 2.05) is 29.2 Å². The second kappa shape index (κ2) is 6.27. The van der Waals surface area contributed by atoms with E-state index in [1.54, 1.807) is 7.11 Å². The molecule has 1 aromatic rings. The molecule has 110 valence electrons. The maximum absolute atomic E-state index is 12.8. The van der Waals surface area contributed by atoms with Crippen molar-refractivity contribution >= 4 is 5.91 Å². The van der Waals surface area contributed by atoms with Crippen molar-refractivity contribution in [2.75, 3.05) is 20.2 Å². The number of hydrogen-bond acceptors (Lipinski definition) is 3. The van der Waals surface area contributed by atoms with Gasteiger partial charge in [-0.1, -0.05) is 26.0 Å². The Labute approximate surface area is 121 Å². The van der Waals surface area contributed by atoms with E-state index in [4.69, 9.17) is 4.74 Å². The molecular formula is C16H24N2O2. The highest BCUT2D eigenvalue weighted by Gasteiger charge is 2.31. The number of rotatable bonds is 3. The number of para-hydroxylation sites is 1. The highest BCUT2D eigenvalue weighted by molar-refractivity contribution is 5.97. The van der Waals surface area contributed by atoms with E-state index >= 15 is 0 Å². The van der Waals surface area contributed by atoms with Crippen LogP contribution in [-0.4, -0.2) is 43.1 Å². The zero-order valence-electron chi connectivity index (χ0n) is 12.7. The van der Waals surface area contributed by atoms with Crippen molar-refractivity contribution < 1.29 is 9.53 Å². The largest absolute Gasteiger partial charge is 0.496 e. The van der Waals surface area contributed by atoms with Gasteiger partial charge in [0.1, 0.15) is 5.75 Å². The molecule has 20 heavy (non-hydrogen) atoms. The van der Waals surface area contributed by atoms with E-state index in [-0.39, 0.29) is 11.9 Å². The molecule has 0 radical (unpaired) electrons. The van der Waals surface area contributed by atoms with Crippen LogP contribution < -0.4 is 10.1 Å². The van der Waals surface area contributed by atoms with Gasteiger partial charge < -0.3 is 15.0 Å². The van der Waals surface area contributed by atoms with E-state index in [2.05, 4.69) is 26.1 Å². The molecule has 2 atom stereocenters. The lowest BCUT2D eigenvalue weighted by Crippen LogP contribution is -2.58. The number of carbonyl (C=O) groups excluding carboxylic acids is 1. The number of piperazine rings is 1. The molecule has 4 heteroatoms. The number of ether oxygens (including phenoxy) is 1. The van der Waals surface area contributed by atoms with Crippen molar-refractivity contribution in [1.29, 1.82) is 0 Å². The standard InChI is InChI=1S/C16H24N2O2/c1-11(2)14-10-18(12(3)9-17-14)16(19)13-7-5-6-8-15(13)20-4/h5-8,11-12,14,17H,9-10H2,1-4H3. The van der Waals surface area contributed by atoms with E-state index in [0.717, 1.165) is 13.1 Å². The zero-order chi connectivity index (χ0) is 14.7. The van der Waals surface area contributed by atoms with Gasteiger partial charge in [0.25, 0.3) is 5.91 Å². The minimum Gasteiger partial charge on any atom is -0.496 e. The molecule has 1 saturated heterocycles. The molecule has 0 aromatic heterocycles. The molecule has 1 amide bonds. The molecule has 0 aliphatic carbocycles. The number of amides is 1. The Morgan fingerprint density at radius 2 is 2.10 bits per heavy atom. The summed E-state index contributed by atoms with van der Waals surface area (Å²) in [4.78, 5) is 14.7. The fourth-order valence-electron chi connectivity index (χ4n) is 2.59. The molecule has 2 unspecified atom stereocenters. The molecule has 2 rings (SSSR count). The Bertz CT molecular complexity index is 473. The van der Waals surface area contributed by atoms with Gasteiger partial charge in [-0.2, -0.15) is 0 Å². The summed E-state index contributed by atoms with van der Waals surface area (Å²) in [6, 6.07) is 7.98. The Hall–Kier alpha value is -1.55. The molecule has 0 bridgehead atoms. The Morgan fingerprint density at radius 3 is 2.75 bits per heavy atom. The molecule has 1 aliphatic heterocycles. The van der Waals surface area contributed by atoms with Crippen LogP contribution >= 0.6 is 0 Å². The quantitative estimate of drug-likeness (QED) is 0.920. The van der Waals surface area contributed by atoms with Gasteiger partial charge >= 0.3 is 0 Å². The summed E-state index contributed by atoms with van der Waals surface area (Å²) in [5, 5.41) is 3.51. The Kier molecular flexibility index (Phi) is 4.65. The summed E-state index contributed by atoms with van der Waals surface area (Å²) in [5.74, 6) is 1.21. The fourth-order valence-corrected chi connectivity index (χ4v) is 2.59. The fraction of sp³-hybridized carbons (Fsp3) is 0.562. The van der Waals surface area contributed by atoms with Crippen LogP contribution in [0.1, 0.15) is 31.1 Å². The van der Waals surface area contributed by atoms with Crippen LogP contribution in [0.3, 0.4) is 0 Å². The van der Waals surface area contributed by atoms with Crippen LogP contribution in [0.4, 0.5) is 0 Å². The van der Waals surface area contributed by atoms with E-state index in [9.17, 15) is 4.79 Å². The third kappa shape index (κ3) is 2.96. The lowest BCUT2D eigenvalue weighted by Gasteiger charge is -2.40. The van der Waals surface area contributed by atoms with E-state index in [1.165, 1.54) is 0 Å². The van der Waals surface area contributed by atoms with Gasteiger partial charge in [-0.25, -0.2) is 0 Å². The first kappa shape index (κ1) is 14.9. The number of nitrogens with zero attached hydrogens (tertiary/aromatic N) is 1. The maximum Gasteiger partial charge on any atom is 0.257 e. The van der Waals surface area contributed by atoms with Gasteiger partial charge in [0.05, 0.1) is 12.7 Å². The molecule has 1 aliphatic rings. The van der Waals surface area contributed by atoms with Crippen molar-refractivity contribution in [3.8, 4) is 5.75 Å². The first-order valence-electron chi connectivity index (χ1n) is 7.22. The number of carbonyl (C=O) groups is 1. The summed E-state index contributed by atoms with van der Waals surface area (Å²) in [7, 11) is 1.60. The van der Waals surface area contributed by atoms with Crippen LogP contribution in [0.15, 0.2) is 24.3 Å². The molecule has 1 N–H and O–H groups in total. The minimum absolute atomic E-state index is 0.0575. The third-order valence-corrected chi connectivity index (χ3v) is 4.00. The molecule has 1 aromatic carbocycles. The van der Waals surface area contributed by atoms with Crippen molar-refractivity contribution in [2.45, 2.75) is 32.9 Å². The van der Waals surface area contributed by atoms with Crippen LogP contribution in [0.5, 0.6) is 5.75 Å². The van der Waals surface area contributed by atoms with Crippen molar-refractivity contribution in [3.63, 3.8) is 0 Å². The first-order chi connectivity index (χ1) is 9.54. The summed E-state index contributed by atoms with van der Waals surface area (Å²) in [6.07, 6.45) is 0. The maximum atomic E-state index is 12.8. The monoisotopic (exact) mass is 276 g/mol. The van der Waals surface area contributed by atoms with Crippen LogP contribution in [-0.2, 0) is 0 Å². The van der Waals surface area contributed by atoms with Crippen molar-refractivity contribution in [3.05, 3.63) is 29.8 Å². The number of methoxy groups -OCH3 is 1. The van der Waals surface area contributed by atoms with Crippen LogP contribution in [0.25, 0.3) is 0 Å². The zero-order valence-corrected chi connectivity index (χ0v) is 12.7. The van der Waals surface area contributed by atoms with Crippen LogP contribution in [0.2, 0.25) is 0 Å². The van der Waals surface area contributed by atoms with Crippen LogP contribution in [0, 0.1) is 5.92 Å². The lowest BCUT2D eigenvalue weighted by molar-refractivity contribution is 0.0576. The molecule has 1 fully saturated rings. The van der Waals surface area contributed by atoms with Crippen molar-refractivity contribution in [2.24, 2.45) is 5.92 Å². The molecule has 4 nitrogen and oxygen atoms in total. The second-order valence-electron chi connectivity index (χ2n) is 5.77. The Morgan fingerprint density at radius 1 is 1.40 bits per heavy atom. The van der Waals surface area contributed by atoms with E-state index in [0.29, 0.717) is 23.3 Å². The summed E-state index contributed by atoms with van der Waals surface area (Å²) < 4.78 is 5.30. The van der Waals surface area contributed by atoms with Gasteiger partial charge in [-0.15, -0.1) is 0 Å². The summed E-state index contributed by atoms with van der Waals surface area (Å²) >= 11 is 0. The van der Waals surface area contributed by atoms with E-state index < -0.39 is 0 Å². The average molecular weight is 276 g/mol. The molecule has 0 saturated carbocycles. The Balaban J connectivity index is 2.22. The number of benzene rings is 1. The predicted molar refractivity (Wildman–Crippen MR) is 80.1 cm³/mol. The van der Waals surface area contributed by atoms with Crippen molar-refractivity contribution in [1.82, 2.24) is 10.2 Å². The third-order valence-electron chi connectivity index (χ3n) is 4.00. The van der Waals surface area contributed by atoms with Gasteiger partial charge in [-0.05, 0) is 25.0 Å². The smallest absolute Gasteiger partial charge is 0.257 e. The van der Waals surface area contributed by atoms with Gasteiger partial charge in [0.2, 0.25) is 0 Å². The highest BCUT2D eigenvalue weighted by atomic mass is 16.5. The molecular weight excluding hydrogens is 252 g/mol. The van der Waals surface area contributed by atoms with Gasteiger partial charge in [-0.3, -0.25) is 4.79 Å². The summed E-state index contributed by atoms with van der Waals surface area (Å²) in [6.45, 7) is 8.02. The lowest BCUT2D eigenvalue weighted by atomic mass is 9.99. The highest BCUT2D eigenvalue weighted by Crippen LogP contribution is 2.22. The normalized spacial score (nSPS) is 22.9. The predicted octanol–water partition coefficient (Wildman–Crippen LogP) is 2.15. The van der Waals surface area contributed by atoms with Gasteiger partial charge in [0.15, 0.2) is 0 Å².